The third kappa shape index (κ3) is 3.16. The Kier molecular flexibility index (Phi) is 4.69. The first kappa shape index (κ1) is 11.3. The molecule has 5 heteroatoms. The van der Waals surface area contributed by atoms with Crippen molar-refractivity contribution in [2.75, 3.05) is 32.8 Å². The van der Waals surface area contributed by atoms with Crippen molar-refractivity contribution in [2.24, 2.45) is 0 Å². The van der Waals surface area contributed by atoms with E-state index >= 15 is 0 Å². The predicted octanol–water partition coefficient (Wildman–Crippen LogP) is -0.201. The highest BCUT2D eigenvalue weighted by Crippen LogP contribution is 2.09. The summed E-state index contributed by atoms with van der Waals surface area (Å²) in [5.74, 6) is 0. The molecule has 1 aliphatic heterocycles. The van der Waals surface area contributed by atoms with Gasteiger partial charge in [-0.1, -0.05) is 0 Å². The Balaban J connectivity index is 2.22. The number of nitrogens with zero attached hydrogens (tertiary/aromatic N) is 1. The number of amides is 1. The van der Waals surface area contributed by atoms with Crippen LogP contribution in [0, 0.1) is 0 Å². The first-order chi connectivity index (χ1) is 6.77. The summed E-state index contributed by atoms with van der Waals surface area (Å²) >= 11 is 0. The first-order valence-corrected chi connectivity index (χ1v) is 5.04. The Labute approximate surface area is 84.0 Å². The summed E-state index contributed by atoms with van der Waals surface area (Å²) < 4.78 is 4.89. The summed E-state index contributed by atoms with van der Waals surface area (Å²) in [5.41, 5.74) is 0. The van der Waals surface area contributed by atoms with E-state index in [0.29, 0.717) is 25.7 Å². The topological polar surface area (TPSA) is 61.8 Å². The minimum absolute atomic E-state index is 0.135. The van der Waals surface area contributed by atoms with E-state index in [1.165, 1.54) is 0 Å². The minimum Gasteiger partial charge on any atom is -0.450 e. The number of aliphatic hydroxyl groups excluding tert-OH is 1. The van der Waals surface area contributed by atoms with E-state index in [-0.39, 0.29) is 12.7 Å². The second-order valence-corrected chi connectivity index (χ2v) is 3.31. The van der Waals surface area contributed by atoms with Gasteiger partial charge in [0.15, 0.2) is 0 Å². The number of carbonyl (C=O) groups is 1. The molecule has 0 spiro atoms. The quantitative estimate of drug-likeness (QED) is 0.662. The number of carbonyl (C=O) groups excluding carboxylic acids is 1. The van der Waals surface area contributed by atoms with Crippen LogP contribution in [0.5, 0.6) is 0 Å². The maximum atomic E-state index is 11.3. The van der Waals surface area contributed by atoms with Gasteiger partial charge in [0.05, 0.1) is 13.2 Å². The van der Waals surface area contributed by atoms with Crippen molar-refractivity contribution in [2.45, 2.75) is 19.4 Å². The molecular weight excluding hydrogens is 184 g/mol. The molecule has 2 N–H and O–H groups in total. The van der Waals surface area contributed by atoms with Crippen LogP contribution in [0.2, 0.25) is 0 Å². The van der Waals surface area contributed by atoms with Crippen LogP contribution in [0.25, 0.3) is 0 Å². The van der Waals surface area contributed by atoms with Crippen LogP contribution < -0.4 is 5.32 Å². The summed E-state index contributed by atoms with van der Waals surface area (Å²) in [6.07, 6.45) is 0.694. The second kappa shape index (κ2) is 5.82. The lowest BCUT2D eigenvalue weighted by Gasteiger charge is -2.15. The zero-order valence-electron chi connectivity index (χ0n) is 8.53. The van der Waals surface area contributed by atoms with Crippen molar-refractivity contribution in [3.05, 3.63) is 0 Å². The van der Waals surface area contributed by atoms with Gasteiger partial charge in [-0.05, 0) is 13.3 Å². The molecule has 1 fully saturated rings. The average molecular weight is 202 g/mol. The Morgan fingerprint density at radius 1 is 1.71 bits per heavy atom. The Hall–Kier alpha value is -0.810. The summed E-state index contributed by atoms with van der Waals surface area (Å²) in [7, 11) is 0. The number of rotatable bonds is 4. The molecule has 0 aromatic carbocycles. The lowest BCUT2D eigenvalue weighted by Crippen LogP contribution is -2.36. The van der Waals surface area contributed by atoms with Crippen LogP contribution >= 0.6 is 0 Å². The summed E-state index contributed by atoms with van der Waals surface area (Å²) in [4.78, 5) is 13.0. The molecule has 0 bridgehead atoms. The monoisotopic (exact) mass is 202 g/mol. The fourth-order valence-corrected chi connectivity index (χ4v) is 1.58. The van der Waals surface area contributed by atoms with Crippen LogP contribution in [0.15, 0.2) is 0 Å². The molecule has 1 saturated heterocycles. The Bertz CT molecular complexity index is 187. The lowest BCUT2D eigenvalue weighted by molar-refractivity contribution is 0.115. The third-order valence-electron chi connectivity index (χ3n) is 2.26. The maximum Gasteiger partial charge on any atom is 0.409 e. The molecule has 1 atom stereocenters. The molecule has 1 aliphatic rings. The summed E-state index contributed by atoms with van der Waals surface area (Å²) in [6.45, 7) is 4.36. The van der Waals surface area contributed by atoms with Crippen LogP contribution in [0.3, 0.4) is 0 Å². The fourth-order valence-electron chi connectivity index (χ4n) is 1.58. The van der Waals surface area contributed by atoms with E-state index in [0.717, 1.165) is 13.0 Å². The Morgan fingerprint density at radius 2 is 2.50 bits per heavy atom. The van der Waals surface area contributed by atoms with Gasteiger partial charge in [0.25, 0.3) is 0 Å². The summed E-state index contributed by atoms with van der Waals surface area (Å²) in [5, 5.41) is 11.8. The first-order valence-electron chi connectivity index (χ1n) is 5.04. The lowest BCUT2D eigenvalue weighted by atomic mass is 10.3. The van der Waals surface area contributed by atoms with Crippen molar-refractivity contribution in [3.8, 4) is 0 Å². The van der Waals surface area contributed by atoms with Crippen molar-refractivity contribution in [3.63, 3.8) is 0 Å². The molecular formula is C9H18N2O3. The van der Waals surface area contributed by atoms with Crippen molar-refractivity contribution >= 4 is 6.09 Å². The van der Waals surface area contributed by atoms with Gasteiger partial charge in [0, 0.05) is 25.7 Å². The molecule has 0 aliphatic carbocycles. The summed E-state index contributed by atoms with van der Waals surface area (Å²) in [6, 6.07) is 0.298. The molecule has 1 amide bonds. The fraction of sp³-hybridized carbons (Fsp3) is 0.889. The van der Waals surface area contributed by atoms with Gasteiger partial charge in [-0.3, -0.25) is 0 Å². The Morgan fingerprint density at radius 3 is 3.14 bits per heavy atom. The van der Waals surface area contributed by atoms with E-state index < -0.39 is 0 Å². The van der Waals surface area contributed by atoms with Crippen molar-refractivity contribution in [1.29, 1.82) is 0 Å². The van der Waals surface area contributed by atoms with E-state index in [4.69, 9.17) is 9.84 Å². The zero-order chi connectivity index (χ0) is 10.4. The normalized spacial score (nSPS) is 21.3. The van der Waals surface area contributed by atoms with Gasteiger partial charge in [0.2, 0.25) is 0 Å². The van der Waals surface area contributed by atoms with Crippen molar-refractivity contribution in [1.82, 2.24) is 10.2 Å². The largest absolute Gasteiger partial charge is 0.450 e. The van der Waals surface area contributed by atoms with Gasteiger partial charge in [0.1, 0.15) is 0 Å². The van der Waals surface area contributed by atoms with E-state index in [1.54, 1.807) is 11.8 Å². The molecule has 5 nitrogen and oxygen atoms in total. The number of hydrogen-bond donors (Lipinski definition) is 2. The highest BCUT2D eigenvalue weighted by Gasteiger charge is 2.26. The van der Waals surface area contributed by atoms with Crippen LogP contribution in [-0.4, -0.2) is 55.0 Å². The van der Waals surface area contributed by atoms with Gasteiger partial charge < -0.3 is 20.1 Å². The number of nitrogens with one attached hydrogen (secondary N) is 1. The standard InChI is InChI=1S/C9H18N2O3/c1-2-14-9(13)11-5-3-8(7-11)10-4-6-12/h8,10,12H,2-7H2,1H3. The van der Waals surface area contributed by atoms with Crippen LogP contribution in [-0.2, 0) is 4.74 Å². The van der Waals surface area contributed by atoms with Crippen molar-refractivity contribution < 1.29 is 14.6 Å². The SMILES string of the molecule is CCOC(=O)N1CCC(NCCO)C1. The second-order valence-electron chi connectivity index (χ2n) is 3.31. The highest BCUT2D eigenvalue weighted by atomic mass is 16.6. The predicted molar refractivity (Wildman–Crippen MR) is 52.1 cm³/mol. The molecule has 82 valence electrons. The van der Waals surface area contributed by atoms with Crippen LogP contribution in [0.1, 0.15) is 13.3 Å². The maximum absolute atomic E-state index is 11.3. The average Bonchev–Trinajstić information content (AvgIpc) is 2.63. The van der Waals surface area contributed by atoms with E-state index in [2.05, 4.69) is 5.32 Å². The van der Waals surface area contributed by atoms with Gasteiger partial charge >= 0.3 is 6.09 Å². The van der Waals surface area contributed by atoms with E-state index in [1.807, 2.05) is 0 Å². The zero-order valence-corrected chi connectivity index (χ0v) is 8.53. The molecule has 1 rings (SSSR count). The molecule has 1 heterocycles. The van der Waals surface area contributed by atoms with Gasteiger partial charge in [-0.25, -0.2) is 4.79 Å². The van der Waals surface area contributed by atoms with E-state index in [9.17, 15) is 4.79 Å². The minimum atomic E-state index is -0.235. The number of ether oxygens (including phenoxy) is 1. The number of likely N-dealkylation sites (tertiary alicyclic amines) is 1. The molecule has 0 aromatic rings. The van der Waals surface area contributed by atoms with Gasteiger partial charge in [-0.15, -0.1) is 0 Å². The number of aliphatic hydroxyl groups is 1. The van der Waals surface area contributed by atoms with Crippen LogP contribution in [0.4, 0.5) is 4.79 Å². The van der Waals surface area contributed by atoms with Gasteiger partial charge in [-0.2, -0.15) is 0 Å². The molecule has 0 aromatic heterocycles. The molecule has 0 radical (unpaired) electrons. The molecule has 0 saturated carbocycles. The third-order valence-corrected chi connectivity index (χ3v) is 2.26. The highest BCUT2D eigenvalue weighted by molar-refractivity contribution is 5.68. The number of hydrogen-bond acceptors (Lipinski definition) is 4. The smallest absolute Gasteiger partial charge is 0.409 e. The molecule has 14 heavy (non-hydrogen) atoms. The molecule has 1 unspecified atom stereocenters.